The fraction of sp³-hybridized carbons (Fsp3) is 0.700. The van der Waals surface area contributed by atoms with E-state index in [4.69, 9.17) is 0 Å². The number of sulfonamides is 1. The molecule has 17 heavy (non-hydrogen) atoms. The normalized spacial score (nSPS) is 13.8. The van der Waals surface area contributed by atoms with E-state index < -0.39 is 10.0 Å². The van der Waals surface area contributed by atoms with Crippen molar-refractivity contribution in [3.8, 4) is 0 Å². The quantitative estimate of drug-likeness (QED) is 0.590. The average molecular weight is 260 g/mol. The second-order valence-electron chi connectivity index (χ2n) is 3.84. The highest BCUT2D eigenvalue weighted by Gasteiger charge is 2.16. The van der Waals surface area contributed by atoms with Crippen LogP contribution in [0.1, 0.15) is 32.1 Å². The number of aromatic amines is 1. The second kappa shape index (κ2) is 6.73. The molecular formula is C10H20N4O2S. The molecule has 0 aromatic carbocycles. The van der Waals surface area contributed by atoms with Crippen molar-refractivity contribution < 1.29 is 8.42 Å². The summed E-state index contributed by atoms with van der Waals surface area (Å²) in [4.78, 5) is 6.90. The smallest absolute Gasteiger partial charge is 0.212 e. The molecule has 0 saturated heterocycles. The minimum atomic E-state index is -3.24. The first kappa shape index (κ1) is 14.1. The Labute approximate surface area is 102 Å². The van der Waals surface area contributed by atoms with Gasteiger partial charge in [0.25, 0.3) is 0 Å². The van der Waals surface area contributed by atoms with Crippen molar-refractivity contribution in [2.45, 2.75) is 26.3 Å². The van der Waals surface area contributed by atoms with Crippen molar-refractivity contribution >= 4 is 10.0 Å². The molecule has 1 unspecified atom stereocenters. The summed E-state index contributed by atoms with van der Waals surface area (Å²) in [5.41, 5.74) is 0. The minimum absolute atomic E-state index is 0.130. The molecule has 0 fully saturated rings. The number of nitrogens with zero attached hydrogens (tertiary/aromatic N) is 1. The largest absolute Gasteiger partial charge is 0.347 e. The van der Waals surface area contributed by atoms with Crippen LogP contribution >= 0.6 is 0 Å². The van der Waals surface area contributed by atoms with Crippen molar-refractivity contribution in [1.29, 1.82) is 0 Å². The van der Waals surface area contributed by atoms with Crippen molar-refractivity contribution in [3.63, 3.8) is 0 Å². The van der Waals surface area contributed by atoms with E-state index in [9.17, 15) is 8.42 Å². The van der Waals surface area contributed by atoms with Crippen molar-refractivity contribution in [3.05, 3.63) is 18.2 Å². The third kappa shape index (κ3) is 5.29. The summed E-state index contributed by atoms with van der Waals surface area (Å²) >= 11 is 0. The maximum Gasteiger partial charge on any atom is 0.212 e. The van der Waals surface area contributed by atoms with E-state index in [0.29, 0.717) is 18.8 Å². The Bertz CT molecular complexity index is 402. The number of rotatable bonds is 8. The monoisotopic (exact) mass is 260 g/mol. The number of hydrogen-bond donors (Lipinski definition) is 3. The topological polar surface area (TPSA) is 86.9 Å². The number of hydrogen-bond acceptors (Lipinski definition) is 4. The van der Waals surface area contributed by atoms with Gasteiger partial charge >= 0.3 is 0 Å². The van der Waals surface area contributed by atoms with Crippen molar-refractivity contribution in [2.75, 3.05) is 18.8 Å². The van der Waals surface area contributed by atoms with Gasteiger partial charge in [0.15, 0.2) is 0 Å². The molecule has 0 aliphatic heterocycles. The number of imidazole rings is 1. The van der Waals surface area contributed by atoms with Gasteiger partial charge < -0.3 is 10.3 Å². The lowest BCUT2D eigenvalue weighted by Crippen LogP contribution is -2.31. The third-order valence-electron chi connectivity index (χ3n) is 2.30. The third-order valence-corrected chi connectivity index (χ3v) is 3.84. The highest BCUT2D eigenvalue weighted by molar-refractivity contribution is 7.89. The van der Waals surface area contributed by atoms with Gasteiger partial charge in [-0.1, -0.05) is 6.92 Å². The summed E-state index contributed by atoms with van der Waals surface area (Å²) in [7, 11) is -3.24. The van der Waals surface area contributed by atoms with Crippen LogP contribution in [0.15, 0.2) is 12.4 Å². The number of H-pyrrole nitrogens is 1. The van der Waals surface area contributed by atoms with Gasteiger partial charge in [-0.05, 0) is 26.4 Å². The molecular weight excluding hydrogens is 240 g/mol. The maximum absolute atomic E-state index is 11.7. The van der Waals surface area contributed by atoms with Crippen LogP contribution in [0.3, 0.4) is 0 Å². The molecule has 0 aliphatic rings. The van der Waals surface area contributed by atoms with E-state index in [2.05, 4.69) is 20.0 Å². The molecule has 1 atom stereocenters. The van der Waals surface area contributed by atoms with E-state index in [-0.39, 0.29) is 11.8 Å². The Morgan fingerprint density at radius 2 is 2.29 bits per heavy atom. The molecule has 0 radical (unpaired) electrons. The second-order valence-corrected chi connectivity index (χ2v) is 5.71. The Balaban J connectivity index is 2.38. The van der Waals surface area contributed by atoms with Crippen molar-refractivity contribution in [2.24, 2.45) is 0 Å². The predicted molar refractivity (Wildman–Crippen MR) is 67.1 cm³/mol. The van der Waals surface area contributed by atoms with Gasteiger partial charge in [-0.3, -0.25) is 0 Å². The molecule has 7 heteroatoms. The molecule has 0 bridgehead atoms. The molecule has 1 aromatic heterocycles. The van der Waals surface area contributed by atoms with Crippen LogP contribution in [0.25, 0.3) is 0 Å². The zero-order chi connectivity index (χ0) is 12.7. The number of aromatic nitrogens is 2. The van der Waals surface area contributed by atoms with Crippen molar-refractivity contribution in [1.82, 2.24) is 20.0 Å². The fourth-order valence-corrected chi connectivity index (χ4v) is 2.75. The van der Waals surface area contributed by atoms with Gasteiger partial charge in [0, 0.05) is 12.4 Å². The molecule has 1 rings (SSSR count). The van der Waals surface area contributed by atoms with Gasteiger partial charge in [0.1, 0.15) is 5.82 Å². The Morgan fingerprint density at radius 3 is 2.88 bits per heavy atom. The first-order valence-electron chi connectivity index (χ1n) is 5.75. The average Bonchev–Trinajstić information content (AvgIpc) is 2.77. The Kier molecular flexibility index (Phi) is 5.60. The maximum atomic E-state index is 11.7. The highest BCUT2D eigenvalue weighted by atomic mass is 32.2. The van der Waals surface area contributed by atoms with E-state index >= 15 is 0 Å². The summed E-state index contributed by atoms with van der Waals surface area (Å²) < 4.78 is 26.0. The van der Waals surface area contributed by atoms with Crippen LogP contribution in [0.2, 0.25) is 0 Å². The van der Waals surface area contributed by atoms with Gasteiger partial charge in [-0.15, -0.1) is 0 Å². The fourth-order valence-electron chi connectivity index (χ4n) is 1.46. The van der Waals surface area contributed by atoms with E-state index in [1.165, 1.54) is 0 Å². The summed E-state index contributed by atoms with van der Waals surface area (Å²) in [5.74, 6) is 0.755. The van der Waals surface area contributed by atoms with Gasteiger partial charge in [-0.25, -0.2) is 18.1 Å². The molecule has 0 spiro atoms. The zero-order valence-electron chi connectivity index (χ0n) is 10.2. The molecule has 1 heterocycles. The summed E-state index contributed by atoms with van der Waals surface area (Å²) in [5, 5.41) is 3.09. The Morgan fingerprint density at radius 1 is 1.53 bits per heavy atom. The lowest BCUT2D eigenvalue weighted by molar-refractivity contribution is 0.556. The zero-order valence-corrected chi connectivity index (χ0v) is 11.0. The molecule has 98 valence electrons. The van der Waals surface area contributed by atoms with Crippen LogP contribution in [0.4, 0.5) is 0 Å². The lowest BCUT2D eigenvalue weighted by Gasteiger charge is -2.12. The lowest BCUT2D eigenvalue weighted by atomic mass is 10.3. The number of nitrogens with one attached hydrogen (secondary N) is 3. The van der Waals surface area contributed by atoms with Crippen LogP contribution in [0, 0.1) is 0 Å². The molecule has 3 N–H and O–H groups in total. The minimum Gasteiger partial charge on any atom is -0.347 e. The van der Waals surface area contributed by atoms with E-state index in [1.54, 1.807) is 19.3 Å². The van der Waals surface area contributed by atoms with Crippen LogP contribution < -0.4 is 10.0 Å². The first-order chi connectivity index (χ1) is 8.05. The first-order valence-corrected chi connectivity index (χ1v) is 7.40. The van der Waals surface area contributed by atoms with Gasteiger partial charge in [-0.2, -0.15) is 0 Å². The van der Waals surface area contributed by atoms with Crippen LogP contribution in [0.5, 0.6) is 0 Å². The van der Waals surface area contributed by atoms with Crippen LogP contribution in [-0.4, -0.2) is 37.2 Å². The molecule has 0 aliphatic carbocycles. The predicted octanol–water partition coefficient (Wildman–Crippen LogP) is 0.390. The van der Waals surface area contributed by atoms with Gasteiger partial charge in [0.2, 0.25) is 10.0 Å². The SMILES string of the molecule is CCNCCCS(=O)(=O)NC(C)c1ncc[nH]1. The molecule has 0 amide bonds. The summed E-state index contributed by atoms with van der Waals surface area (Å²) in [6.07, 6.45) is 3.88. The standard InChI is InChI=1S/C10H20N4O2S/c1-3-11-5-4-8-17(15,16)14-9(2)10-12-6-7-13-10/h6-7,9,11,14H,3-5,8H2,1-2H3,(H,12,13). The Hall–Kier alpha value is -0.920. The van der Waals surface area contributed by atoms with Gasteiger partial charge in [0.05, 0.1) is 11.8 Å². The summed E-state index contributed by atoms with van der Waals surface area (Å²) in [6, 6.07) is -0.325. The molecule has 1 aromatic rings. The molecule has 0 saturated carbocycles. The van der Waals surface area contributed by atoms with Crippen LogP contribution in [-0.2, 0) is 10.0 Å². The van der Waals surface area contributed by atoms with E-state index in [0.717, 1.165) is 6.54 Å². The highest BCUT2D eigenvalue weighted by Crippen LogP contribution is 2.07. The molecule has 6 nitrogen and oxygen atoms in total. The summed E-state index contributed by atoms with van der Waals surface area (Å²) in [6.45, 7) is 5.33. The van der Waals surface area contributed by atoms with E-state index in [1.807, 2.05) is 6.92 Å².